The van der Waals surface area contributed by atoms with Gasteiger partial charge in [0.05, 0.1) is 26.3 Å². The molecule has 43 heavy (non-hydrogen) atoms. The number of aromatic nitrogens is 1. The molecule has 6 aromatic carbocycles. The lowest BCUT2D eigenvalue weighted by Gasteiger charge is -2.24. The van der Waals surface area contributed by atoms with E-state index in [2.05, 4.69) is 134 Å². The fraction of sp³-hybridized carbons (Fsp3) is 0.0769. The van der Waals surface area contributed by atoms with Crippen LogP contribution < -0.4 is 0 Å². The molecule has 0 saturated carbocycles. The van der Waals surface area contributed by atoms with E-state index in [1.165, 1.54) is 89.5 Å². The molecule has 1 aliphatic heterocycles. The Hall–Kier alpha value is -3.96. The molecule has 0 fully saturated rings. The Kier molecular flexibility index (Phi) is 4.88. The van der Waals surface area contributed by atoms with Crippen molar-refractivity contribution in [2.45, 2.75) is 38.8 Å². The molecule has 4 heteroatoms. The second kappa shape index (κ2) is 8.57. The van der Waals surface area contributed by atoms with Gasteiger partial charge >= 0.3 is 0 Å². The van der Waals surface area contributed by atoms with Gasteiger partial charge in [0.25, 0.3) is 0 Å². The molecular weight excluding hydrogens is 579 g/mol. The number of benzene rings is 6. The monoisotopic (exact) mass is 603 g/mol. The lowest BCUT2D eigenvalue weighted by atomic mass is 9.81. The summed E-state index contributed by atoms with van der Waals surface area (Å²) in [5, 5.41) is 5.33. The molecular formula is C39H25NS3. The summed E-state index contributed by atoms with van der Waals surface area (Å²) in [6.07, 6.45) is 0. The van der Waals surface area contributed by atoms with Crippen molar-refractivity contribution in [3.05, 3.63) is 126 Å². The molecule has 0 bridgehead atoms. The van der Waals surface area contributed by atoms with E-state index < -0.39 is 0 Å². The molecule has 204 valence electrons. The van der Waals surface area contributed by atoms with Crippen LogP contribution in [0.15, 0.2) is 135 Å². The molecule has 0 N–H and O–H groups in total. The van der Waals surface area contributed by atoms with E-state index in [0.29, 0.717) is 0 Å². The summed E-state index contributed by atoms with van der Waals surface area (Å²) in [6, 6.07) is 43.1. The SMILES string of the molecule is CC1(C)c2ccccc2-c2ccc3c4ccc5c(c4n(-c4cccc6c4sc4ccccc46)c3c21)Sc1ccccc1S5. The first-order valence-electron chi connectivity index (χ1n) is 14.7. The van der Waals surface area contributed by atoms with Gasteiger partial charge in [-0.3, -0.25) is 0 Å². The van der Waals surface area contributed by atoms with Crippen molar-refractivity contribution in [2.75, 3.05) is 0 Å². The third-order valence-electron chi connectivity index (χ3n) is 9.43. The van der Waals surface area contributed by atoms with Crippen molar-refractivity contribution in [1.29, 1.82) is 0 Å². The molecule has 3 heterocycles. The second-order valence-corrected chi connectivity index (χ2v) is 15.3. The minimum absolute atomic E-state index is 0.125. The lowest BCUT2D eigenvalue weighted by Crippen LogP contribution is -2.16. The fourth-order valence-electron chi connectivity index (χ4n) is 7.57. The zero-order chi connectivity index (χ0) is 28.4. The zero-order valence-electron chi connectivity index (χ0n) is 23.6. The topological polar surface area (TPSA) is 4.93 Å². The highest BCUT2D eigenvalue weighted by Crippen LogP contribution is 2.57. The lowest BCUT2D eigenvalue weighted by molar-refractivity contribution is 0.664. The predicted octanol–water partition coefficient (Wildman–Crippen LogP) is 12.1. The average molecular weight is 604 g/mol. The number of rotatable bonds is 1. The van der Waals surface area contributed by atoms with Crippen LogP contribution in [-0.2, 0) is 5.41 Å². The molecule has 0 amide bonds. The van der Waals surface area contributed by atoms with Gasteiger partial charge in [-0.2, -0.15) is 0 Å². The quantitative estimate of drug-likeness (QED) is 0.184. The van der Waals surface area contributed by atoms with Crippen molar-refractivity contribution in [3.63, 3.8) is 0 Å². The normalized spacial score (nSPS) is 14.7. The summed E-state index contributed by atoms with van der Waals surface area (Å²) in [5.74, 6) is 0. The van der Waals surface area contributed by atoms with Crippen molar-refractivity contribution in [1.82, 2.24) is 4.57 Å². The van der Waals surface area contributed by atoms with E-state index in [4.69, 9.17) is 0 Å². The van der Waals surface area contributed by atoms with E-state index in [-0.39, 0.29) is 5.41 Å². The van der Waals surface area contributed by atoms with Gasteiger partial charge in [0.15, 0.2) is 0 Å². The van der Waals surface area contributed by atoms with Crippen LogP contribution >= 0.6 is 34.9 Å². The Morgan fingerprint density at radius 3 is 2.16 bits per heavy atom. The van der Waals surface area contributed by atoms with Gasteiger partial charge in [-0.1, -0.05) is 122 Å². The van der Waals surface area contributed by atoms with Crippen LogP contribution in [0.1, 0.15) is 25.0 Å². The van der Waals surface area contributed by atoms with Crippen LogP contribution in [-0.4, -0.2) is 4.57 Å². The highest BCUT2D eigenvalue weighted by Gasteiger charge is 2.39. The first-order valence-corrected chi connectivity index (χ1v) is 17.1. The van der Waals surface area contributed by atoms with Gasteiger partial charge in [0.2, 0.25) is 0 Å². The molecule has 2 aromatic heterocycles. The Morgan fingerprint density at radius 2 is 1.26 bits per heavy atom. The van der Waals surface area contributed by atoms with Crippen LogP contribution in [0.5, 0.6) is 0 Å². The first kappa shape index (κ1) is 24.5. The van der Waals surface area contributed by atoms with Gasteiger partial charge in [-0.25, -0.2) is 0 Å². The number of hydrogen-bond acceptors (Lipinski definition) is 3. The molecule has 8 aromatic rings. The first-order chi connectivity index (χ1) is 21.1. The van der Waals surface area contributed by atoms with E-state index >= 15 is 0 Å². The Bertz CT molecular complexity index is 2490. The van der Waals surface area contributed by atoms with Gasteiger partial charge < -0.3 is 4.57 Å². The van der Waals surface area contributed by atoms with Crippen LogP contribution in [0.25, 0.3) is 58.8 Å². The summed E-state index contributed by atoms with van der Waals surface area (Å²) in [6.45, 7) is 4.82. The minimum atomic E-state index is -0.125. The third kappa shape index (κ3) is 3.16. The molecule has 1 nitrogen and oxygen atoms in total. The summed E-state index contributed by atoms with van der Waals surface area (Å²) >= 11 is 5.75. The highest BCUT2D eigenvalue weighted by molar-refractivity contribution is 8.05. The zero-order valence-corrected chi connectivity index (χ0v) is 26.1. The Labute approximate surface area is 262 Å². The largest absolute Gasteiger partial charge is 0.306 e. The fourth-order valence-corrected chi connectivity index (χ4v) is 11.2. The third-order valence-corrected chi connectivity index (χ3v) is 13.2. The van der Waals surface area contributed by atoms with Gasteiger partial charge in [0.1, 0.15) is 0 Å². The van der Waals surface area contributed by atoms with Crippen LogP contribution in [0.3, 0.4) is 0 Å². The molecule has 0 unspecified atom stereocenters. The predicted molar refractivity (Wildman–Crippen MR) is 186 cm³/mol. The van der Waals surface area contributed by atoms with Crippen molar-refractivity contribution in [2.24, 2.45) is 0 Å². The Morgan fingerprint density at radius 1 is 0.535 bits per heavy atom. The van der Waals surface area contributed by atoms with Crippen molar-refractivity contribution >= 4 is 76.8 Å². The summed E-state index contributed by atoms with van der Waals surface area (Å²) < 4.78 is 5.33. The minimum Gasteiger partial charge on any atom is -0.306 e. The maximum absolute atomic E-state index is 2.65. The molecule has 10 rings (SSSR count). The Balaban J connectivity index is 1.41. The van der Waals surface area contributed by atoms with E-state index in [0.717, 1.165) is 0 Å². The standard InChI is InChI=1S/C39H25NS3/c1-39(2)28-13-5-3-10-22(28)24-18-19-25-26-20-21-33-38(43-32-17-8-7-16-31(32)41-33)36(26)40(35(25)34(24)39)29-14-9-12-27-23-11-4-6-15-30(23)42-37(27)29/h3-21H,1-2H3. The maximum Gasteiger partial charge on any atom is 0.0692 e. The van der Waals surface area contributed by atoms with Gasteiger partial charge in [-0.05, 0) is 52.6 Å². The highest BCUT2D eigenvalue weighted by atomic mass is 32.2. The molecule has 1 aliphatic carbocycles. The number of thiophene rings is 1. The van der Waals surface area contributed by atoms with Crippen molar-refractivity contribution < 1.29 is 0 Å². The van der Waals surface area contributed by atoms with Crippen molar-refractivity contribution in [3.8, 4) is 16.8 Å². The summed E-state index contributed by atoms with van der Waals surface area (Å²) in [7, 11) is 0. The van der Waals surface area contributed by atoms with Gasteiger partial charge in [-0.15, -0.1) is 11.3 Å². The van der Waals surface area contributed by atoms with Gasteiger partial charge in [0, 0.05) is 46.3 Å². The molecule has 0 atom stereocenters. The number of fused-ring (bicyclic) bond motifs is 13. The van der Waals surface area contributed by atoms with E-state index in [1.54, 1.807) is 0 Å². The van der Waals surface area contributed by atoms with E-state index in [9.17, 15) is 0 Å². The number of nitrogens with zero attached hydrogens (tertiary/aromatic N) is 1. The van der Waals surface area contributed by atoms with Crippen LogP contribution in [0.4, 0.5) is 0 Å². The average Bonchev–Trinajstić information content (AvgIpc) is 3.66. The summed E-state index contributed by atoms with van der Waals surface area (Å²) in [4.78, 5) is 5.37. The molecule has 0 radical (unpaired) electrons. The molecule has 0 spiro atoms. The van der Waals surface area contributed by atoms with Crippen LogP contribution in [0.2, 0.25) is 0 Å². The van der Waals surface area contributed by atoms with Crippen LogP contribution in [0, 0.1) is 0 Å². The van der Waals surface area contributed by atoms with E-state index in [1.807, 2.05) is 34.9 Å². The summed E-state index contributed by atoms with van der Waals surface area (Å²) in [5.41, 5.74) is 9.39. The molecule has 0 saturated heterocycles. The second-order valence-electron chi connectivity index (χ2n) is 12.1. The smallest absolute Gasteiger partial charge is 0.0692 e. The maximum atomic E-state index is 2.65. The molecule has 2 aliphatic rings. The number of hydrogen-bond donors (Lipinski definition) is 0.